The van der Waals surface area contributed by atoms with Crippen LogP contribution in [0.4, 0.5) is 0 Å². The first-order chi connectivity index (χ1) is 20.5. The van der Waals surface area contributed by atoms with E-state index in [1.54, 1.807) is 0 Å². The first-order valence-electron chi connectivity index (χ1n) is 13.7. The van der Waals surface area contributed by atoms with Gasteiger partial charge in [0.05, 0.1) is 26.4 Å². The normalized spacial score (nSPS) is 12.7. The van der Waals surface area contributed by atoms with E-state index in [0.717, 1.165) is 22.3 Å². The molecule has 4 rings (SSSR count). The SMILES string of the molecule is O=P(OCc1ccccc1)(OCc1ccccc1)OC(CCCBr)P(=O)(OCc1ccccc1)OCc1ccccc1. The fourth-order valence-electron chi connectivity index (χ4n) is 3.90. The van der Waals surface area contributed by atoms with Gasteiger partial charge in [0.1, 0.15) is 0 Å². The molecule has 222 valence electrons. The molecule has 0 N–H and O–H groups in total. The lowest BCUT2D eigenvalue weighted by atomic mass is 10.2. The molecule has 7 nitrogen and oxygen atoms in total. The molecule has 0 saturated carbocycles. The van der Waals surface area contributed by atoms with Gasteiger partial charge in [-0.25, -0.2) is 4.57 Å². The van der Waals surface area contributed by atoms with E-state index in [4.69, 9.17) is 22.6 Å². The molecule has 4 aromatic rings. The highest BCUT2D eigenvalue weighted by Gasteiger charge is 2.43. The molecule has 0 aliphatic carbocycles. The molecule has 0 saturated heterocycles. The first kappa shape index (κ1) is 32.5. The van der Waals surface area contributed by atoms with Crippen molar-refractivity contribution < 1.29 is 31.7 Å². The van der Waals surface area contributed by atoms with Crippen LogP contribution < -0.4 is 0 Å². The lowest BCUT2D eigenvalue weighted by molar-refractivity contribution is 0.0702. The van der Waals surface area contributed by atoms with E-state index in [2.05, 4.69) is 15.9 Å². The molecule has 0 aliphatic heterocycles. The minimum absolute atomic E-state index is 0.0150. The standard InChI is InChI=1S/C32H35BrO7P2/c33-23-13-22-32(41(34,36-24-28-14-5-1-6-15-28)37-25-29-16-7-2-8-17-29)40-42(35,38-26-30-18-9-3-10-19-30)39-27-31-20-11-4-12-21-31/h1-12,14-21,32H,13,22-27H2. The van der Waals surface area contributed by atoms with E-state index in [0.29, 0.717) is 11.8 Å². The van der Waals surface area contributed by atoms with Crippen molar-refractivity contribution in [2.24, 2.45) is 0 Å². The molecule has 1 unspecified atom stereocenters. The maximum atomic E-state index is 14.6. The molecule has 0 spiro atoms. The van der Waals surface area contributed by atoms with Crippen molar-refractivity contribution in [2.75, 3.05) is 5.33 Å². The van der Waals surface area contributed by atoms with E-state index >= 15 is 0 Å². The summed E-state index contributed by atoms with van der Waals surface area (Å²) in [6.07, 6.45) is 0.773. The highest BCUT2D eigenvalue weighted by atomic mass is 79.9. The van der Waals surface area contributed by atoms with Crippen LogP contribution in [-0.4, -0.2) is 11.2 Å². The summed E-state index contributed by atoms with van der Waals surface area (Å²) in [5, 5.41) is 0.601. The summed E-state index contributed by atoms with van der Waals surface area (Å²) in [7, 11) is -8.33. The van der Waals surface area contributed by atoms with Crippen LogP contribution in [0.1, 0.15) is 35.1 Å². The van der Waals surface area contributed by atoms with E-state index in [-0.39, 0.29) is 32.8 Å². The van der Waals surface area contributed by atoms with Crippen molar-refractivity contribution >= 4 is 31.3 Å². The van der Waals surface area contributed by atoms with Crippen LogP contribution in [0.5, 0.6) is 0 Å². The van der Waals surface area contributed by atoms with Gasteiger partial charge in [-0.2, -0.15) is 0 Å². The summed E-state index contributed by atoms with van der Waals surface area (Å²) in [5.74, 6) is -1.22. The molecule has 1 atom stereocenters. The Balaban J connectivity index is 1.61. The third-order valence-corrected chi connectivity index (χ3v) is 10.3. The van der Waals surface area contributed by atoms with Gasteiger partial charge >= 0.3 is 15.4 Å². The Morgan fingerprint density at radius 1 is 0.524 bits per heavy atom. The van der Waals surface area contributed by atoms with Crippen LogP contribution in [-0.2, 0) is 58.2 Å². The molecule has 0 fully saturated rings. The number of phosphoric acid groups is 1. The monoisotopic (exact) mass is 672 g/mol. The predicted molar refractivity (Wildman–Crippen MR) is 168 cm³/mol. The summed E-state index contributed by atoms with van der Waals surface area (Å²) < 4.78 is 58.6. The summed E-state index contributed by atoms with van der Waals surface area (Å²) in [6.45, 7) is -0.0293. The number of benzene rings is 4. The Labute approximate surface area is 256 Å². The van der Waals surface area contributed by atoms with Crippen molar-refractivity contribution in [3.05, 3.63) is 144 Å². The lowest BCUT2D eigenvalue weighted by Crippen LogP contribution is -2.18. The van der Waals surface area contributed by atoms with Crippen molar-refractivity contribution in [1.82, 2.24) is 0 Å². The molecule has 42 heavy (non-hydrogen) atoms. The fraction of sp³-hybridized carbons (Fsp3) is 0.250. The Morgan fingerprint density at radius 3 is 1.19 bits per heavy atom. The number of hydrogen-bond donors (Lipinski definition) is 0. The highest BCUT2D eigenvalue weighted by Crippen LogP contribution is 2.63. The summed E-state index contributed by atoms with van der Waals surface area (Å²) in [6, 6.07) is 37.3. The van der Waals surface area contributed by atoms with E-state index in [9.17, 15) is 9.13 Å². The van der Waals surface area contributed by atoms with Crippen LogP contribution in [0.25, 0.3) is 0 Å². The molecule has 0 aliphatic rings. The topological polar surface area (TPSA) is 80.3 Å². The zero-order chi connectivity index (χ0) is 29.5. The molecule has 0 bridgehead atoms. The van der Waals surface area contributed by atoms with Crippen LogP contribution in [0, 0.1) is 0 Å². The van der Waals surface area contributed by atoms with Gasteiger partial charge in [-0.15, -0.1) is 0 Å². The average Bonchev–Trinajstić information content (AvgIpc) is 3.05. The molecule has 0 aromatic heterocycles. The van der Waals surface area contributed by atoms with Crippen LogP contribution in [0.3, 0.4) is 0 Å². The van der Waals surface area contributed by atoms with Gasteiger partial charge in [0, 0.05) is 5.33 Å². The zero-order valence-electron chi connectivity index (χ0n) is 23.2. The smallest absolute Gasteiger partial charge is 0.302 e. The van der Waals surface area contributed by atoms with Crippen LogP contribution in [0.15, 0.2) is 121 Å². The average molecular weight is 673 g/mol. The molecule has 0 amide bonds. The summed E-state index contributed by atoms with van der Waals surface area (Å²) >= 11 is 3.44. The predicted octanol–water partition coefficient (Wildman–Crippen LogP) is 9.67. The number of halogens is 1. The van der Waals surface area contributed by atoms with Crippen LogP contribution in [0.2, 0.25) is 0 Å². The quantitative estimate of drug-likeness (QED) is 0.0769. The summed E-state index contributed by atoms with van der Waals surface area (Å²) in [5.41, 5.74) is 3.18. The third kappa shape index (κ3) is 10.7. The van der Waals surface area contributed by atoms with Gasteiger partial charge in [0.25, 0.3) is 0 Å². The molecule has 0 heterocycles. The summed E-state index contributed by atoms with van der Waals surface area (Å²) in [4.78, 5) is 0. The van der Waals surface area contributed by atoms with Gasteiger partial charge in [0.2, 0.25) is 0 Å². The second kappa shape index (κ2) is 17.0. The largest absolute Gasteiger partial charge is 0.476 e. The number of rotatable bonds is 18. The molecule has 4 aromatic carbocycles. The second-order valence-corrected chi connectivity index (χ2v) is 14.0. The Bertz CT molecular complexity index is 1320. The van der Waals surface area contributed by atoms with Gasteiger partial charge < -0.3 is 9.05 Å². The van der Waals surface area contributed by atoms with Crippen molar-refractivity contribution in [3.8, 4) is 0 Å². The maximum Gasteiger partial charge on any atom is 0.476 e. The Morgan fingerprint density at radius 2 is 0.857 bits per heavy atom. The van der Waals surface area contributed by atoms with Gasteiger partial charge in [0.15, 0.2) is 5.85 Å². The Kier molecular flexibility index (Phi) is 13.2. The number of alkyl halides is 1. The maximum absolute atomic E-state index is 14.6. The van der Waals surface area contributed by atoms with Crippen LogP contribution >= 0.6 is 31.3 Å². The molecular formula is C32H35BrO7P2. The van der Waals surface area contributed by atoms with E-state index in [1.807, 2.05) is 121 Å². The van der Waals surface area contributed by atoms with E-state index in [1.165, 1.54) is 0 Å². The van der Waals surface area contributed by atoms with E-state index < -0.39 is 21.3 Å². The minimum Gasteiger partial charge on any atom is -0.302 e. The van der Waals surface area contributed by atoms with Gasteiger partial charge in [-0.1, -0.05) is 137 Å². The number of phosphoric ester groups is 1. The molecule has 0 radical (unpaired) electrons. The fourth-order valence-corrected chi connectivity index (χ4v) is 7.81. The zero-order valence-corrected chi connectivity index (χ0v) is 26.6. The highest BCUT2D eigenvalue weighted by molar-refractivity contribution is 9.09. The third-order valence-electron chi connectivity index (χ3n) is 6.16. The first-order valence-corrected chi connectivity index (χ1v) is 17.9. The lowest BCUT2D eigenvalue weighted by Gasteiger charge is -2.29. The van der Waals surface area contributed by atoms with Crippen molar-refractivity contribution in [3.63, 3.8) is 0 Å². The molecule has 10 heteroatoms. The number of hydrogen-bond acceptors (Lipinski definition) is 7. The second-order valence-electron chi connectivity index (χ2n) is 9.41. The van der Waals surface area contributed by atoms with Crippen molar-refractivity contribution in [1.29, 1.82) is 0 Å². The molecular weight excluding hydrogens is 638 g/mol. The Hall–Kier alpha value is -2.38. The van der Waals surface area contributed by atoms with Crippen molar-refractivity contribution in [2.45, 2.75) is 45.1 Å². The van der Waals surface area contributed by atoms with Gasteiger partial charge in [-0.05, 0) is 35.1 Å². The minimum atomic E-state index is -4.28. The van der Waals surface area contributed by atoms with Gasteiger partial charge in [-0.3, -0.25) is 18.1 Å².